The smallest absolute Gasteiger partial charge is 0.254 e. The molecule has 1 aromatic heterocycles. The molecular formula is C17H17FN4O. The number of aromatic nitrogens is 2. The summed E-state index contributed by atoms with van der Waals surface area (Å²) in [4.78, 5) is 25.6. The Morgan fingerprint density at radius 3 is 2.74 bits per heavy atom. The lowest BCUT2D eigenvalue weighted by Gasteiger charge is -2.33. The van der Waals surface area contributed by atoms with Crippen molar-refractivity contribution in [3.8, 4) is 0 Å². The van der Waals surface area contributed by atoms with Crippen molar-refractivity contribution in [1.29, 1.82) is 0 Å². The Morgan fingerprint density at radius 1 is 1.22 bits per heavy atom. The summed E-state index contributed by atoms with van der Waals surface area (Å²) in [6.07, 6.45) is 1.17. The molecule has 2 aromatic rings. The van der Waals surface area contributed by atoms with Gasteiger partial charge in [0.05, 0.1) is 18.8 Å². The number of benzene rings is 1. The molecule has 3 heterocycles. The zero-order valence-electron chi connectivity index (χ0n) is 12.9. The number of nitrogens with zero attached hydrogens (tertiary/aromatic N) is 4. The van der Waals surface area contributed by atoms with Gasteiger partial charge in [0.2, 0.25) is 0 Å². The fourth-order valence-corrected chi connectivity index (χ4v) is 3.10. The molecular weight excluding hydrogens is 295 g/mol. The third-order valence-electron chi connectivity index (χ3n) is 4.39. The minimum Gasteiger partial charge on any atom is -0.356 e. The topological polar surface area (TPSA) is 49.3 Å². The number of anilines is 1. The van der Waals surface area contributed by atoms with Gasteiger partial charge >= 0.3 is 0 Å². The predicted molar refractivity (Wildman–Crippen MR) is 83.6 cm³/mol. The van der Waals surface area contributed by atoms with Crippen molar-refractivity contribution in [1.82, 2.24) is 14.9 Å². The quantitative estimate of drug-likeness (QED) is 0.854. The normalized spacial score (nSPS) is 16.3. The van der Waals surface area contributed by atoms with Crippen LogP contribution in [0.1, 0.15) is 33.9 Å². The second-order valence-electron chi connectivity index (χ2n) is 6.03. The molecule has 1 saturated heterocycles. The Kier molecular flexibility index (Phi) is 3.25. The molecule has 2 aliphatic rings. The molecule has 0 spiro atoms. The molecule has 0 radical (unpaired) electrons. The molecule has 0 unspecified atom stereocenters. The molecule has 0 bridgehead atoms. The molecule has 0 saturated carbocycles. The Balaban J connectivity index is 1.63. The lowest BCUT2D eigenvalue weighted by atomic mass is 10.1. The number of hydrogen-bond donors (Lipinski definition) is 0. The first kappa shape index (κ1) is 14.1. The first-order chi connectivity index (χ1) is 11.1. The fourth-order valence-electron chi connectivity index (χ4n) is 3.10. The van der Waals surface area contributed by atoms with Crippen LogP contribution in [0, 0.1) is 12.7 Å². The highest BCUT2D eigenvalue weighted by Crippen LogP contribution is 2.32. The Morgan fingerprint density at radius 2 is 2.04 bits per heavy atom. The molecule has 0 aliphatic carbocycles. The number of halogens is 1. The van der Waals surface area contributed by atoms with Crippen LogP contribution in [0.2, 0.25) is 0 Å². The minimum atomic E-state index is -0.399. The van der Waals surface area contributed by atoms with E-state index in [4.69, 9.17) is 0 Å². The van der Waals surface area contributed by atoms with Crippen LogP contribution in [-0.4, -0.2) is 33.9 Å². The summed E-state index contributed by atoms with van der Waals surface area (Å²) in [7, 11) is 0. The van der Waals surface area contributed by atoms with E-state index in [0.29, 0.717) is 18.7 Å². The van der Waals surface area contributed by atoms with Gasteiger partial charge in [-0.05, 0) is 31.5 Å². The summed E-state index contributed by atoms with van der Waals surface area (Å²) in [6, 6.07) is 5.81. The van der Waals surface area contributed by atoms with Crippen molar-refractivity contribution in [2.45, 2.75) is 26.4 Å². The van der Waals surface area contributed by atoms with Crippen LogP contribution in [-0.2, 0) is 13.1 Å². The van der Waals surface area contributed by atoms with E-state index in [-0.39, 0.29) is 5.91 Å². The molecule has 1 amide bonds. The largest absolute Gasteiger partial charge is 0.356 e. The average molecular weight is 312 g/mol. The van der Waals surface area contributed by atoms with E-state index >= 15 is 0 Å². The lowest BCUT2D eigenvalue weighted by Crippen LogP contribution is -2.38. The molecule has 5 nitrogen and oxygen atoms in total. The molecule has 23 heavy (non-hydrogen) atoms. The molecule has 6 heteroatoms. The molecule has 1 aromatic carbocycles. The van der Waals surface area contributed by atoms with Crippen molar-refractivity contribution in [2.75, 3.05) is 18.0 Å². The maximum absolute atomic E-state index is 13.4. The van der Waals surface area contributed by atoms with E-state index in [1.54, 1.807) is 17.0 Å². The van der Waals surface area contributed by atoms with Crippen molar-refractivity contribution < 1.29 is 9.18 Å². The zero-order chi connectivity index (χ0) is 16.0. The van der Waals surface area contributed by atoms with Gasteiger partial charge in [-0.15, -0.1) is 0 Å². The maximum Gasteiger partial charge on any atom is 0.254 e. The number of hydrogen-bond acceptors (Lipinski definition) is 4. The highest BCUT2D eigenvalue weighted by Gasteiger charge is 2.31. The maximum atomic E-state index is 13.4. The predicted octanol–water partition coefficient (Wildman–Crippen LogP) is 2.29. The van der Waals surface area contributed by atoms with Gasteiger partial charge in [-0.25, -0.2) is 14.4 Å². The van der Waals surface area contributed by atoms with E-state index in [0.717, 1.165) is 36.0 Å². The van der Waals surface area contributed by atoms with Crippen LogP contribution < -0.4 is 4.90 Å². The van der Waals surface area contributed by atoms with Crippen LogP contribution in [0.3, 0.4) is 0 Å². The van der Waals surface area contributed by atoms with E-state index in [1.807, 2.05) is 6.92 Å². The van der Waals surface area contributed by atoms with Crippen LogP contribution >= 0.6 is 0 Å². The first-order valence-corrected chi connectivity index (χ1v) is 7.78. The van der Waals surface area contributed by atoms with E-state index in [1.165, 1.54) is 18.6 Å². The summed E-state index contributed by atoms with van der Waals surface area (Å²) in [6.45, 7) is 4.81. The van der Waals surface area contributed by atoms with Gasteiger partial charge in [0.15, 0.2) is 0 Å². The monoisotopic (exact) mass is 312 g/mol. The second-order valence-corrected chi connectivity index (χ2v) is 6.03. The van der Waals surface area contributed by atoms with Crippen molar-refractivity contribution in [3.63, 3.8) is 0 Å². The summed E-state index contributed by atoms with van der Waals surface area (Å²) in [5.41, 5.74) is 2.30. The lowest BCUT2D eigenvalue weighted by molar-refractivity contribution is 0.0750. The molecule has 2 aliphatic heterocycles. The SMILES string of the molecule is Cc1nc2c(c(N3CCC3)n1)CN(C(=O)c1cccc(F)c1)C2. The number of amides is 1. The summed E-state index contributed by atoms with van der Waals surface area (Å²) < 4.78 is 13.4. The number of aryl methyl sites for hydroxylation is 1. The van der Waals surface area contributed by atoms with Gasteiger partial charge in [0.1, 0.15) is 17.5 Å². The number of fused-ring (bicyclic) bond motifs is 1. The third-order valence-corrected chi connectivity index (χ3v) is 4.39. The highest BCUT2D eigenvalue weighted by molar-refractivity contribution is 5.94. The van der Waals surface area contributed by atoms with Crippen molar-refractivity contribution in [2.24, 2.45) is 0 Å². The number of rotatable bonds is 2. The minimum absolute atomic E-state index is 0.172. The first-order valence-electron chi connectivity index (χ1n) is 7.78. The molecule has 0 N–H and O–H groups in total. The third kappa shape index (κ3) is 2.44. The van der Waals surface area contributed by atoms with Crippen LogP contribution in [0.4, 0.5) is 10.2 Å². The Hall–Kier alpha value is -2.50. The van der Waals surface area contributed by atoms with E-state index < -0.39 is 5.82 Å². The van der Waals surface area contributed by atoms with E-state index in [2.05, 4.69) is 14.9 Å². The van der Waals surface area contributed by atoms with Gasteiger partial charge < -0.3 is 9.80 Å². The van der Waals surface area contributed by atoms with Crippen LogP contribution in [0.5, 0.6) is 0 Å². The summed E-state index contributed by atoms with van der Waals surface area (Å²) in [5, 5.41) is 0. The fraction of sp³-hybridized carbons (Fsp3) is 0.353. The highest BCUT2D eigenvalue weighted by atomic mass is 19.1. The van der Waals surface area contributed by atoms with Gasteiger partial charge in [0, 0.05) is 24.2 Å². The second kappa shape index (κ2) is 5.30. The number of carbonyl (C=O) groups is 1. The zero-order valence-corrected chi connectivity index (χ0v) is 12.9. The van der Waals surface area contributed by atoms with Gasteiger partial charge in [-0.2, -0.15) is 0 Å². The summed E-state index contributed by atoms with van der Waals surface area (Å²) in [5.74, 6) is 1.11. The standard InChI is InChI=1S/C17H17FN4O/c1-11-19-15-10-22(17(23)12-4-2-5-13(18)8-12)9-14(15)16(20-11)21-6-3-7-21/h2,4-5,8H,3,6-7,9-10H2,1H3. The molecule has 4 rings (SSSR count). The van der Waals surface area contributed by atoms with Crippen LogP contribution in [0.15, 0.2) is 24.3 Å². The Labute approximate surface area is 133 Å². The molecule has 0 atom stereocenters. The Bertz CT molecular complexity index is 788. The molecule has 1 fully saturated rings. The van der Waals surface area contributed by atoms with Gasteiger partial charge in [0.25, 0.3) is 5.91 Å². The van der Waals surface area contributed by atoms with Gasteiger partial charge in [-0.3, -0.25) is 4.79 Å². The number of carbonyl (C=O) groups excluding carboxylic acids is 1. The van der Waals surface area contributed by atoms with Crippen molar-refractivity contribution in [3.05, 3.63) is 52.7 Å². The van der Waals surface area contributed by atoms with E-state index in [9.17, 15) is 9.18 Å². The molecule has 118 valence electrons. The average Bonchev–Trinajstić information content (AvgIpc) is 2.88. The van der Waals surface area contributed by atoms with Gasteiger partial charge in [-0.1, -0.05) is 6.07 Å². The van der Waals surface area contributed by atoms with Crippen LogP contribution in [0.25, 0.3) is 0 Å². The summed E-state index contributed by atoms with van der Waals surface area (Å²) >= 11 is 0. The van der Waals surface area contributed by atoms with Crippen molar-refractivity contribution >= 4 is 11.7 Å².